The predicted octanol–water partition coefficient (Wildman–Crippen LogP) is 4.37. The molecule has 3 aromatic rings. The van der Waals surface area contributed by atoms with Gasteiger partial charge in [0.05, 0.1) is 15.9 Å². The highest BCUT2D eigenvalue weighted by atomic mass is 79.9. The zero-order valence-electron chi connectivity index (χ0n) is 9.43. The molecule has 18 heavy (non-hydrogen) atoms. The third-order valence-electron chi connectivity index (χ3n) is 3.21. The van der Waals surface area contributed by atoms with Gasteiger partial charge >= 0.3 is 0 Å². The van der Waals surface area contributed by atoms with Gasteiger partial charge in [-0.2, -0.15) is 0 Å². The van der Waals surface area contributed by atoms with Crippen molar-refractivity contribution in [2.75, 3.05) is 0 Å². The van der Waals surface area contributed by atoms with Gasteiger partial charge in [0.25, 0.3) is 0 Å². The van der Waals surface area contributed by atoms with Crippen LogP contribution in [-0.2, 0) is 5.75 Å². The van der Waals surface area contributed by atoms with Crippen LogP contribution in [0, 0.1) is 0 Å². The maximum Gasteiger partial charge on any atom is 0.152 e. The molecule has 1 aromatic carbocycles. The van der Waals surface area contributed by atoms with E-state index in [4.69, 9.17) is 4.98 Å². The van der Waals surface area contributed by atoms with Gasteiger partial charge in [-0.05, 0) is 34.1 Å². The largest absolute Gasteiger partial charge is 0.302 e. The Hall–Kier alpha value is -1.26. The van der Waals surface area contributed by atoms with Gasteiger partial charge < -0.3 is 4.40 Å². The van der Waals surface area contributed by atoms with Crippen molar-refractivity contribution >= 4 is 33.3 Å². The summed E-state index contributed by atoms with van der Waals surface area (Å²) in [5.74, 6) is 0.976. The molecule has 0 saturated heterocycles. The van der Waals surface area contributed by atoms with Crippen LogP contribution in [0.1, 0.15) is 5.69 Å². The molecule has 1 aliphatic heterocycles. The van der Waals surface area contributed by atoms with Crippen molar-refractivity contribution in [3.8, 4) is 11.3 Å². The van der Waals surface area contributed by atoms with Gasteiger partial charge in [0, 0.05) is 22.4 Å². The van der Waals surface area contributed by atoms with E-state index in [1.165, 1.54) is 16.2 Å². The molecule has 0 radical (unpaired) electrons. The van der Waals surface area contributed by atoms with Gasteiger partial charge in [-0.25, -0.2) is 4.98 Å². The first-order valence-corrected chi connectivity index (χ1v) is 7.50. The van der Waals surface area contributed by atoms with Crippen LogP contribution < -0.4 is 0 Å². The Balaban J connectivity index is 2.11. The van der Waals surface area contributed by atoms with E-state index in [9.17, 15) is 0 Å². The van der Waals surface area contributed by atoms with Crippen LogP contribution in [0.15, 0.2) is 52.0 Å². The van der Waals surface area contributed by atoms with E-state index in [-0.39, 0.29) is 0 Å². The number of hydrogen-bond acceptors (Lipinski definition) is 2. The van der Waals surface area contributed by atoms with Crippen molar-refractivity contribution in [3.05, 3.63) is 52.8 Å². The Morgan fingerprint density at radius 3 is 3.00 bits per heavy atom. The van der Waals surface area contributed by atoms with Gasteiger partial charge in [-0.3, -0.25) is 0 Å². The zero-order chi connectivity index (χ0) is 12.1. The lowest BCUT2D eigenvalue weighted by Crippen LogP contribution is -1.97. The maximum absolute atomic E-state index is 4.80. The van der Waals surface area contributed by atoms with Gasteiger partial charge in [0.15, 0.2) is 5.65 Å². The molecule has 0 aliphatic carbocycles. The van der Waals surface area contributed by atoms with Crippen LogP contribution in [0.3, 0.4) is 0 Å². The summed E-state index contributed by atoms with van der Waals surface area (Å²) in [7, 11) is 0. The van der Waals surface area contributed by atoms with Crippen LogP contribution in [-0.4, -0.2) is 9.38 Å². The highest BCUT2D eigenvalue weighted by Crippen LogP contribution is 2.41. The van der Waals surface area contributed by atoms with Gasteiger partial charge in [-0.15, -0.1) is 11.8 Å². The van der Waals surface area contributed by atoms with Gasteiger partial charge in [-0.1, -0.05) is 18.2 Å². The standard InChI is InChI=1S/C14H9BrN2S/c15-10-5-3-7-17-11-8-18-12-6-2-1-4-9(12)13(11)16-14(10)17/h1-7H,8H2. The minimum atomic E-state index is 0.976. The van der Waals surface area contributed by atoms with E-state index in [2.05, 4.69) is 50.8 Å². The molecule has 0 bridgehead atoms. The topological polar surface area (TPSA) is 17.3 Å². The van der Waals surface area contributed by atoms with Crippen molar-refractivity contribution < 1.29 is 0 Å². The fourth-order valence-corrected chi connectivity index (χ4v) is 3.87. The summed E-state index contributed by atoms with van der Waals surface area (Å²) in [5.41, 5.74) is 4.66. The number of thioether (sulfide) groups is 1. The fraction of sp³-hybridized carbons (Fsp3) is 0.0714. The Labute approximate surface area is 117 Å². The first-order valence-electron chi connectivity index (χ1n) is 5.72. The molecular formula is C14H9BrN2S. The molecule has 0 spiro atoms. The number of pyridine rings is 1. The van der Waals surface area contributed by atoms with Crippen molar-refractivity contribution in [2.24, 2.45) is 0 Å². The number of fused-ring (bicyclic) bond motifs is 5. The van der Waals surface area contributed by atoms with E-state index in [1.807, 2.05) is 23.9 Å². The highest BCUT2D eigenvalue weighted by molar-refractivity contribution is 9.10. The molecule has 4 heteroatoms. The van der Waals surface area contributed by atoms with Crippen molar-refractivity contribution in [1.29, 1.82) is 0 Å². The minimum absolute atomic E-state index is 0.976. The van der Waals surface area contributed by atoms with Gasteiger partial charge in [0.2, 0.25) is 0 Å². The van der Waals surface area contributed by atoms with Crippen LogP contribution in [0.2, 0.25) is 0 Å². The second-order valence-electron chi connectivity index (χ2n) is 4.24. The lowest BCUT2D eigenvalue weighted by atomic mass is 10.1. The first-order chi connectivity index (χ1) is 8.84. The first kappa shape index (κ1) is 10.6. The second-order valence-corrected chi connectivity index (χ2v) is 6.11. The van der Waals surface area contributed by atoms with E-state index in [1.54, 1.807) is 0 Å². The third kappa shape index (κ3) is 1.39. The number of hydrogen-bond donors (Lipinski definition) is 0. The van der Waals surface area contributed by atoms with E-state index >= 15 is 0 Å². The molecular weight excluding hydrogens is 308 g/mol. The summed E-state index contributed by atoms with van der Waals surface area (Å²) < 4.78 is 3.23. The fourth-order valence-electron chi connectivity index (χ4n) is 2.37. The molecule has 0 unspecified atom stereocenters. The molecule has 3 heterocycles. The summed E-state index contributed by atoms with van der Waals surface area (Å²) in [6, 6.07) is 12.6. The van der Waals surface area contributed by atoms with Crippen molar-refractivity contribution in [1.82, 2.24) is 9.38 Å². The third-order valence-corrected chi connectivity index (χ3v) is 4.91. The van der Waals surface area contributed by atoms with E-state index in [0.717, 1.165) is 21.6 Å². The maximum atomic E-state index is 4.80. The smallest absolute Gasteiger partial charge is 0.152 e. The quantitative estimate of drug-likeness (QED) is 0.612. The summed E-state index contributed by atoms with van der Waals surface area (Å²) in [6.45, 7) is 0. The molecule has 0 N–H and O–H groups in total. The molecule has 2 nitrogen and oxygen atoms in total. The normalized spacial score (nSPS) is 13.4. The number of halogens is 1. The Kier molecular flexibility index (Phi) is 2.29. The average molecular weight is 317 g/mol. The zero-order valence-corrected chi connectivity index (χ0v) is 11.8. The second kappa shape index (κ2) is 3.87. The Bertz CT molecular complexity index is 764. The number of rotatable bonds is 0. The van der Waals surface area contributed by atoms with Gasteiger partial charge in [0.1, 0.15) is 0 Å². The number of nitrogens with zero attached hydrogens (tertiary/aromatic N) is 2. The number of imidazole rings is 1. The molecule has 0 saturated carbocycles. The lowest BCUT2D eigenvalue weighted by Gasteiger charge is -2.14. The van der Waals surface area contributed by atoms with Crippen LogP contribution in [0.25, 0.3) is 16.9 Å². The molecule has 0 fully saturated rings. The predicted molar refractivity (Wildman–Crippen MR) is 77.9 cm³/mol. The molecule has 88 valence electrons. The summed E-state index contributed by atoms with van der Waals surface area (Å²) in [4.78, 5) is 6.12. The molecule has 4 rings (SSSR count). The monoisotopic (exact) mass is 316 g/mol. The number of benzene rings is 1. The molecule has 0 atom stereocenters. The molecule has 2 aromatic heterocycles. The summed E-state index contributed by atoms with van der Waals surface area (Å²) in [5, 5.41) is 0. The van der Waals surface area contributed by atoms with Crippen LogP contribution in [0.5, 0.6) is 0 Å². The number of aromatic nitrogens is 2. The Morgan fingerprint density at radius 2 is 2.06 bits per heavy atom. The lowest BCUT2D eigenvalue weighted by molar-refractivity contribution is 1.08. The average Bonchev–Trinajstić information content (AvgIpc) is 2.79. The van der Waals surface area contributed by atoms with Crippen molar-refractivity contribution in [2.45, 2.75) is 10.6 Å². The van der Waals surface area contributed by atoms with E-state index in [0.29, 0.717) is 0 Å². The van der Waals surface area contributed by atoms with E-state index < -0.39 is 0 Å². The summed E-state index contributed by atoms with van der Waals surface area (Å²) in [6.07, 6.45) is 2.08. The highest BCUT2D eigenvalue weighted by Gasteiger charge is 2.22. The van der Waals surface area contributed by atoms with Crippen LogP contribution >= 0.6 is 27.7 Å². The van der Waals surface area contributed by atoms with Crippen molar-refractivity contribution in [3.63, 3.8) is 0 Å². The molecule has 0 amide bonds. The SMILES string of the molecule is Brc1cccn2c3c(nc12)-c1ccccc1SC3. The minimum Gasteiger partial charge on any atom is -0.302 e. The molecule has 1 aliphatic rings. The van der Waals surface area contributed by atoms with Crippen LogP contribution in [0.4, 0.5) is 0 Å². The Morgan fingerprint density at radius 1 is 1.17 bits per heavy atom. The summed E-state index contributed by atoms with van der Waals surface area (Å²) >= 11 is 5.45.